The third kappa shape index (κ3) is 4.57. The smallest absolute Gasteiger partial charge is 0.257 e. The highest BCUT2D eigenvalue weighted by molar-refractivity contribution is 5.46. The third-order valence-corrected chi connectivity index (χ3v) is 5.18. The zero-order valence-corrected chi connectivity index (χ0v) is 15.0. The highest BCUT2D eigenvalue weighted by Crippen LogP contribution is 2.25. The number of rotatable bonds is 6. The second kappa shape index (κ2) is 8.62. The molecule has 2 aliphatic rings. The second-order valence-corrected chi connectivity index (χ2v) is 7.00. The van der Waals surface area contributed by atoms with Crippen molar-refractivity contribution in [1.82, 2.24) is 14.9 Å². The van der Waals surface area contributed by atoms with Crippen molar-refractivity contribution in [2.45, 2.75) is 38.2 Å². The molecule has 2 saturated heterocycles. The van der Waals surface area contributed by atoms with Gasteiger partial charge >= 0.3 is 0 Å². The molecule has 0 saturated carbocycles. The fourth-order valence-electron chi connectivity index (χ4n) is 3.79. The van der Waals surface area contributed by atoms with E-state index in [1.165, 1.54) is 45.2 Å². The van der Waals surface area contributed by atoms with E-state index in [1.54, 1.807) is 19.5 Å². The van der Waals surface area contributed by atoms with Crippen molar-refractivity contribution >= 4 is 5.82 Å². The molecule has 3 heterocycles. The lowest BCUT2D eigenvalue weighted by Crippen LogP contribution is -2.42. The fraction of sp³-hybridized carbons (Fsp3) is 0.778. The summed E-state index contributed by atoms with van der Waals surface area (Å²) in [7, 11) is 3.72. The van der Waals surface area contributed by atoms with E-state index >= 15 is 0 Å². The molecule has 1 atom stereocenters. The molecule has 0 spiro atoms. The lowest BCUT2D eigenvalue weighted by Gasteiger charge is -2.36. The predicted molar refractivity (Wildman–Crippen MR) is 94.6 cm³/mol. The van der Waals surface area contributed by atoms with Gasteiger partial charge in [-0.1, -0.05) is 0 Å². The van der Waals surface area contributed by atoms with E-state index < -0.39 is 0 Å². The van der Waals surface area contributed by atoms with Crippen LogP contribution < -0.4 is 9.64 Å². The molecule has 6 heteroatoms. The molecule has 1 aromatic rings. The Morgan fingerprint density at radius 1 is 1.21 bits per heavy atom. The molecule has 134 valence electrons. The summed E-state index contributed by atoms with van der Waals surface area (Å²) in [5.74, 6) is 2.13. The summed E-state index contributed by atoms with van der Waals surface area (Å²) in [4.78, 5) is 13.4. The Morgan fingerprint density at radius 2 is 2.00 bits per heavy atom. The molecule has 2 fully saturated rings. The van der Waals surface area contributed by atoms with Crippen molar-refractivity contribution in [2.75, 3.05) is 51.8 Å². The van der Waals surface area contributed by atoms with Crippen LogP contribution in [-0.2, 0) is 4.74 Å². The number of anilines is 1. The van der Waals surface area contributed by atoms with Gasteiger partial charge in [0.05, 0.1) is 13.2 Å². The predicted octanol–water partition coefficient (Wildman–Crippen LogP) is 2.20. The summed E-state index contributed by atoms with van der Waals surface area (Å²) in [6, 6.07) is 0. The van der Waals surface area contributed by atoms with Crippen molar-refractivity contribution in [3.05, 3.63) is 12.4 Å². The SMILES string of the molecule is COc1nccnc1N(C)CC1CCN(CC2CCCCO2)CC1. The van der Waals surface area contributed by atoms with Crippen molar-refractivity contribution in [2.24, 2.45) is 5.92 Å². The van der Waals surface area contributed by atoms with Crippen LogP contribution in [0.4, 0.5) is 5.82 Å². The van der Waals surface area contributed by atoms with E-state index in [1.807, 2.05) is 0 Å². The molecule has 2 aliphatic heterocycles. The first kappa shape index (κ1) is 17.4. The van der Waals surface area contributed by atoms with Gasteiger partial charge in [0.25, 0.3) is 5.88 Å². The maximum atomic E-state index is 5.88. The van der Waals surface area contributed by atoms with Crippen LogP contribution in [0.5, 0.6) is 5.88 Å². The van der Waals surface area contributed by atoms with Gasteiger partial charge in [-0.25, -0.2) is 9.97 Å². The lowest BCUT2D eigenvalue weighted by atomic mass is 9.95. The van der Waals surface area contributed by atoms with E-state index in [9.17, 15) is 0 Å². The Morgan fingerprint density at radius 3 is 2.71 bits per heavy atom. The maximum Gasteiger partial charge on any atom is 0.257 e. The van der Waals surface area contributed by atoms with Crippen molar-refractivity contribution < 1.29 is 9.47 Å². The average molecular weight is 334 g/mol. The first-order chi connectivity index (χ1) is 11.8. The summed E-state index contributed by atoms with van der Waals surface area (Å²) >= 11 is 0. The summed E-state index contributed by atoms with van der Waals surface area (Å²) in [6.45, 7) is 5.42. The Labute approximate surface area is 145 Å². The Balaban J connectivity index is 1.44. The van der Waals surface area contributed by atoms with E-state index in [0.29, 0.717) is 17.9 Å². The van der Waals surface area contributed by atoms with E-state index in [4.69, 9.17) is 9.47 Å². The largest absolute Gasteiger partial charge is 0.478 e. The van der Waals surface area contributed by atoms with Gasteiger partial charge in [0.15, 0.2) is 5.82 Å². The second-order valence-electron chi connectivity index (χ2n) is 7.00. The number of methoxy groups -OCH3 is 1. The highest BCUT2D eigenvalue weighted by Gasteiger charge is 2.24. The van der Waals surface area contributed by atoms with E-state index in [2.05, 4.69) is 26.8 Å². The van der Waals surface area contributed by atoms with Gasteiger partial charge in [-0.05, 0) is 51.1 Å². The van der Waals surface area contributed by atoms with Gasteiger partial charge in [0.1, 0.15) is 0 Å². The van der Waals surface area contributed by atoms with Gasteiger partial charge in [0, 0.05) is 39.1 Å². The average Bonchev–Trinajstić information content (AvgIpc) is 2.64. The van der Waals surface area contributed by atoms with Crippen LogP contribution in [0.25, 0.3) is 0 Å². The minimum Gasteiger partial charge on any atom is -0.478 e. The number of hydrogen-bond donors (Lipinski definition) is 0. The Hall–Kier alpha value is -1.40. The monoisotopic (exact) mass is 334 g/mol. The van der Waals surface area contributed by atoms with Crippen molar-refractivity contribution in [3.63, 3.8) is 0 Å². The fourth-order valence-corrected chi connectivity index (χ4v) is 3.79. The Kier molecular flexibility index (Phi) is 6.26. The number of ether oxygens (including phenoxy) is 2. The minimum absolute atomic E-state index is 0.460. The molecule has 0 bridgehead atoms. The molecule has 3 rings (SSSR count). The van der Waals surface area contributed by atoms with Gasteiger partial charge < -0.3 is 19.3 Å². The van der Waals surface area contributed by atoms with Gasteiger partial charge in [-0.2, -0.15) is 0 Å². The minimum atomic E-state index is 0.460. The summed E-state index contributed by atoms with van der Waals surface area (Å²) in [6.07, 6.45) is 10.1. The third-order valence-electron chi connectivity index (χ3n) is 5.18. The summed E-state index contributed by atoms with van der Waals surface area (Å²) in [5, 5.41) is 0. The summed E-state index contributed by atoms with van der Waals surface area (Å²) < 4.78 is 11.2. The molecule has 0 radical (unpaired) electrons. The van der Waals surface area contributed by atoms with Gasteiger partial charge in [-0.15, -0.1) is 0 Å². The summed E-state index contributed by atoms with van der Waals surface area (Å²) in [5.41, 5.74) is 0. The Bertz CT molecular complexity index is 500. The topological polar surface area (TPSA) is 50.7 Å². The normalized spacial score (nSPS) is 23.2. The molecule has 0 aliphatic carbocycles. The zero-order valence-electron chi connectivity index (χ0n) is 15.0. The van der Waals surface area contributed by atoms with Crippen LogP contribution in [0.15, 0.2) is 12.4 Å². The first-order valence-corrected chi connectivity index (χ1v) is 9.16. The number of likely N-dealkylation sites (tertiary alicyclic amines) is 1. The molecule has 1 unspecified atom stereocenters. The molecule has 24 heavy (non-hydrogen) atoms. The standard InChI is InChI=1S/C18H30N4O2/c1-21(17-18(23-2)20-9-8-19-17)13-15-6-10-22(11-7-15)14-16-5-3-4-12-24-16/h8-9,15-16H,3-7,10-14H2,1-2H3. The van der Waals surface area contributed by atoms with Crippen molar-refractivity contribution in [3.8, 4) is 5.88 Å². The van der Waals surface area contributed by atoms with Gasteiger partial charge in [0.2, 0.25) is 0 Å². The number of piperidine rings is 1. The molecule has 1 aromatic heterocycles. The highest BCUT2D eigenvalue weighted by atomic mass is 16.5. The van der Waals surface area contributed by atoms with Crippen LogP contribution in [0.2, 0.25) is 0 Å². The molecule has 0 amide bonds. The van der Waals surface area contributed by atoms with E-state index in [0.717, 1.165) is 25.5 Å². The quantitative estimate of drug-likeness (QED) is 0.795. The number of aromatic nitrogens is 2. The lowest BCUT2D eigenvalue weighted by molar-refractivity contribution is -0.0110. The number of hydrogen-bond acceptors (Lipinski definition) is 6. The molecular formula is C18H30N4O2. The van der Waals surface area contributed by atoms with Crippen molar-refractivity contribution in [1.29, 1.82) is 0 Å². The zero-order chi connectivity index (χ0) is 16.8. The van der Waals surface area contributed by atoms with E-state index in [-0.39, 0.29) is 0 Å². The molecule has 0 N–H and O–H groups in total. The molecule has 0 aromatic carbocycles. The molecular weight excluding hydrogens is 304 g/mol. The van der Waals surface area contributed by atoms with Gasteiger partial charge in [-0.3, -0.25) is 0 Å². The van der Waals surface area contributed by atoms with Crippen LogP contribution in [0, 0.1) is 5.92 Å². The van der Waals surface area contributed by atoms with Crippen LogP contribution in [0.1, 0.15) is 32.1 Å². The van der Waals surface area contributed by atoms with Crippen LogP contribution >= 0.6 is 0 Å². The van der Waals surface area contributed by atoms with Crippen LogP contribution in [0.3, 0.4) is 0 Å². The number of nitrogens with zero attached hydrogens (tertiary/aromatic N) is 4. The van der Waals surface area contributed by atoms with Crippen LogP contribution in [-0.4, -0.2) is 67.9 Å². The first-order valence-electron chi connectivity index (χ1n) is 9.16. The maximum absolute atomic E-state index is 5.88. The molecule has 6 nitrogen and oxygen atoms in total.